The molecule has 122 valence electrons. The number of rotatable bonds is 3. The predicted octanol–water partition coefficient (Wildman–Crippen LogP) is 4.09. The van der Waals surface area contributed by atoms with Crippen molar-refractivity contribution < 1.29 is 0 Å². The fraction of sp³-hybridized carbons (Fsp3) is 0.150. The summed E-state index contributed by atoms with van der Waals surface area (Å²) in [5.41, 5.74) is 4.70. The second-order valence-corrected chi connectivity index (χ2v) is 6.01. The maximum atomic E-state index is 9.26. The molecule has 1 aliphatic rings. The van der Waals surface area contributed by atoms with Crippen LogP contribution in [-0.4, -0.2) is 16.5 Å². The molecule has 0 saturated heterocycles. The molecule has 0 amide bonds. The van der Waals surface area contributed by atoms with Gasteiger partial charge in [-0.05, 0) is 37.1 Å². The van der Waals surface area contributed by atoms with Gasteiger partial charge in [-0.15, -0.1) is 0 Å². The molecule has 1 N–H and O–H groups in total. The lowest BCUT2D eigenvalue weighted by molar-refractivity contribution is 0.931. The topological polar surface area (TPSA) is 64.8 Å². The Kier molecular flexibility index (Phi) is 3.79. The third kappa shape index (κ3) is 2.90. The number of anilines is 4. The molecule has 0 spiro atoms. The van der Waals surface area contributed by atoms with Crippen LogP contribution in [0.25, 0.3) is 0 Å². The molecule has 0 atom stereocenters. The van der Waals surface area contributed by atoms with Crippen molar-refractivity contribution in [1.82, 2.24) is 9.97 Å². The smallest absolute Gasteiger partial charge is 0.232 e. The van der Waals surface area contributed by atoms with E-state index >= 15 is 0 Å². The van der Waals surface area contributed by atoms with Crippen LogP contribution in [0.1, 0.15) is 16.8 Å². The Hall–Kier alpha value is -3.39. The largest absolute Gasteiger partial charge is 0.339 e. The Morgan fingerprint density at radius 2 is 1.88 bits per heavy atom. The minimum Gasteiger partial charge on any atom is -0.339 e. The molecule has 0 aliphatic carbocycles. The summed E-state index contributed by atoms with van der Waals surface area (Å²) in [4.78, 5) is 11.4. The lowest BCUT2D eigenvalue weighted by Gasteiger charge is -2.19. The fourth-order valence-corrected chi connectivity index (χ4v) is 3.11. The van der Waals surface area contributed by atoms with Crippen molar-refractivity contribution in [2.45, 2.75) is 13.3 Å². The summed E-state index contributed by atoms with van der Waals surface area (Å²) in [5.74, 6) is 1.37. The molecule has 25 heavy (non-hydrogen) atoms. The van der Waals surface area contributed by atoms with E-state index in [2.05, 4.69) is 44.5 Å². The molecule has 1 aromatic heterocycles. The van der Waals surface area contributed by atoms with Crippen molar-refractivity contribution >= 4 is 23.1 Å². The van der Waals surface area contributed by atoms with Gasteiger partial charge in [0, 0.05) is 24.0 Å². The zero-order valence-electron chi connectivity index (χ0n) is 13.9. The third-order valence-corrected chi connectivity index (χ3v) is 4.28. The van der Waals surface area contributed by atoms with Crippen LogP contribution in [-0.2, 0) is 6.42 Å². The Morgan fingerprint density at radius 3 is 2.76 bits per heavy atom. The number of hydrogen-bond donors (Lipinski definition) is 1. The van der Waals surface area contributed by atoms with Gasteiger partial charge in [0.05, 0.1) is 11.3 Å². The molecular weight excluding hydrogens is 310 g/mol. The number of benzene rings is 2. The van der Waals surface area contributed by atoms with E-state index in [1.807, 2.05) is 37.3 Å². The molecule has 0 fully saturated rings. The first-order valence-electron chi connectivity index (χ1n) is 8.22. The highest BCUT2D eigenvalue weighted by Crippen LogP contribution is 2.33. The van der Waals surface area contributed by atoms with Crippen LogP contribution in [0.2, 0.25) is 0 Å². The van der Waals surface area contributed by atoms with Gasteiger partial charge in [-0.1, -0.05) is 30.3 Å². The molecule has 0 unspecified atom stereocenters. The van der Waals surface area contributed by atoms with Gasteiger partial charge < -0.3 is 10.2 Å². The summed E-state index contributed by atoms with van der Waals surface area (Å²) >= 11 is 0. The van der Waals surface area contributed by atoms with Crippen molar-refractivity contribution in [2.75, 3.05) is 16.8 Å². The third-order valence-electron chi connectivity index (χ3n) is 4.28. The van der Waals surface area contributed by atoms with Gasteiger partial charge in [0.1, 0.15) is 11.9 Å². The average Bonchev–Trinajstić information content (AvgIpc) is 3.06. The Morgan fingerprint density at radius 1 is 1.08 bits per heavy atom. The maximum Gasteiger partial charge on any atom is 0.232 e. The molecular formula is C20H17N5. The average molecular weight is 327 g/mol. The molecule has 2 heterocycles. The van der Waals surface area contributed by atoms with Gasteiger partial charge in [-0.2, -0.15) is 10.2 Å². The molecule has 1 aliphatic heterocycles. The Balaban J connectivity index is 1.70. The van der Waals surface area contributed by atoms with Crippen LogP contribution in [0.3, 0.4) is 0 Å². The van der Waals surface area contributed by atoms with Gasteiger partial charge in [-0.25, -0.2) is 4.98 Å². The fourth-order valence-electron chi connectivity index (χ4n) is 3.11. The molecule has 5 heteroatoms. The first kappa shape index (κ1) is 15.2. The minimum absolute atomic E-state index is 0.590. The van der Waals surface area contributed by atoms with E-state index in [9.17, 15) is 5.26 Å². The summed E-state index contributed by atoms with van der Waals surface area (Å²) < 4.78 is 0. The number of nitrogens with zero attached hydrogens (tertiary/aromatic N) is 4. The monoisotopic (exact) mass is 327 g/mol. The second-order valence-electron chi connectivity index (χ2n) is 6.01. The SMILES string of the molecule is Cc1cc(Nc2ccccc2C#N)nc(N2CCc3ccccc32)n1. The van der Waals surface area contributed by atoms with Crippen molar-refractivity contribution in [3.8, 4) is 6.07 Å². The summed E-state index contributed by atoms with van der Waals surface area (Å²) in [7, 11) is 0. The van der Waals surface area contributed by atoms with Crippen LogP contribution < -0.4 is 10.2 Å². The van der Waals surface area contributed by atoms with Gasteiger partial charge in [0.15, 0.2) is 0 Å². The number of fused-ring (bicyclic) bond motifs is 1. The summed E-state index contributed by atoms with van der Waals surface area (Å²) in [6.07, 6.45) is 0.994. The van der Waals surface area contributed by atoms with E-state index in [1.54, 1.807) is 6.07 Å². The van der Waals surface area contributed by atoms with Crippen LogP contribution >= 0.6 is 0 Å². The number of aryl methyl sites for hydroxylation is 1. The van der Waals surface area contributed by atoms with Crippen molar-refractivity contribution in [2.24, 2.45) is 0 Å². The predicted molar refractivity (Wildman–Crippen MR) is 98.4 cm³/mol. The molecule has 0 bridgehead atoms. The number of aromatic nitrogens is 2. The lowest BCUT2D eigenvalue weighted by atomic mass is 10.2. The number of nitrogens with one attached hydrogen (secondary N) is 1. The molecule has 0 radical (unpaired) electrons. The quantitative estimate of drug-likeness (QED) is 0.785. The van der Waals surface area contributed by atoms with Crippen LogP contribution in [0.4, 0.5) is 23.1 Å². The summed E-state index contributed by atoms with van der Waals surface area (Å²) in [6.45, 7) is 2.82. The zero-order chi connectivity index (χ0) is 17.2. The number of hydrogen-bond acceptors (Lipinski definition) is 5. The van der Waals surface area contributed by atoms with E-state index in [1.165, 1.54) is 5.56 Å². The highest BCUT2D eigenvalue weighted by molar-refractivity contribution is 5.68. The van der Waals surface area contributed by atoms with Gasteiger partial charge in [-0.3, -0.25) is 0 Å². The lowest BCUT2D eigenvalue weighted by Crippen LogP contribution is -2.17. The first-order valence-corrected chi connectivity index (χ1v) is 8.22. The van der Waals surface area contributed by atoms with E-state index in [4.69, 9.17) is 0 Å². The van der Waals surface area contributed by atoms with Gasteiger partial charge in [0.2, 0.25) is 5.95 Å². The Bertz CT molecular complexity index is 974. The van der Waals surface area contributed by atoms with Crippen LogP contribution in [0.15, 0.2) is 54.6 Å². The summed E-state index contributed by atoms with van der Waals surface area (Å²) in [6, 6.07) is 19.8. The van der Waals surface area contributed by atoms with Crippen molar-refractivity contribution in [3.63, 3.8) is 0 Å². The normalized spacial score (nSPS) is 12.6. The zero-order valence-corrected chi connectivity index (χ0v) is 13.9. The van der Waals surface area contributed by atoms with E-state index in [0.717, 1.165) is 30.0 Å². The van der Waals surface area contributed by atoms with Crippen molar-refractivity contribution in [3.05, 3.63) is 71.4 Å². The van der Waals surface area contributed by atoms with Gasteiger partial charge in [0.25, 0.3) is 0 Å². The highest BCUT2D eigenvalue weighted by Gasteiger charge is 2.22. The standard InChI is InChI=1S/C20H17N5/c1-14-12-19(23-17-8-4-2-7-16(17)13-21)24-20(22-14)25-11-10-15-6-3-5-9-18(15)25/h2-9,12H,10-11H2,1H3,(H,22,23,24). The Labute approximate surface area is 146 Å². The second kappa shape index (κ2) is 6.25. The highest BCUT2D eigenvalue weighted by atomic mass is 15.3. The number of para-hydroxylation sites is 2. The van der Waals surface area contributed by atoms with E-state index in [-0.39, 0.29) is 0 Å². The maximum absolute atomic E-state index is 9.26. The number of nitriles is 1. The van der Waals surface area contributed by atoms with Crippen molar-refractivity contribution in [1.29, 1.82) is 5.26 Å². The molecule has 0 saturated carbocycles. The molecule has 4 rings (SSSR count). The first-order chi connectivity index (χ1) is 12.2. The van der Waals surface area contributed by atoms with Crippen LogP contribution in [0.5, 0.6) is 0 Å². The van der Waals surface area contributed by atoms with E-state index < -0.39 is 0 Å². The van der Waals surface area contributed by atoms with E-state index in [0.29, 0.717) is 17.3 Å². The summed E-state index contributed by atoms with van der Waals surface area (Å²) in [5, 5.41) is 12.5. The van der Waals surface area contributed by atoms with Crippen LogP contribution in [0, 0.1) is 18.3 Å². The van der Waals surface area contributed by atoms with Gasteiger partial charge >= 0.3 is 0 Å². The molecule has 2 aromatic carbocycles. The molecule has 3 aromatic rings. The molecule has 5 nitrogen and oxygen atoms in total. The minimum atomic E-state index is 0.590.